The molecule has 2 unspecified atom stereocenters. The molecule has 3 nitrogen and oxygen atoms in total. The molecular weight excluding hydrogens is 349 g/mol. The van der Waals surface area contributed by atoms with Crippen molar-refractivity contribution in [1.29, 1.82) is 0 Å². The summed E-state index contributed by atoms with van der Waals surface area (Å²) >= 11 is 0. The van der Waals surface area contributed by atoms with Gasteiger partial charge in [-0.05, 0) is 30.4 Å². The van der Waals surface area contributed by atoms with E-state index in [9.17, 15) is 13.7 Å². The average Bonchev–Trinajstić information content (AvgIpc) is 2.77. The Bertz CT molecular complexity index is 796. The number of rotatable bonds is 5. The number of halogens is 1. The van der Waals surface area contributed by atoms with Crippen LogP contribution in [0.4, 0.5) is 15.8 Å². The van der Waals surface area contributed by atoms with Crippen LogP contribution >= 0.6 is 0 Å². The number of hydrogen-bond donors (Lipinski definition) is 1. The molecule has 0 aromatic heterocycles. The molecule has 140 valence electrons. The largest absolute Gasteiger partial charge is 0.505 e. The molecule has 1 aliphatic heterocycles. The second-order valence-electron chi connectivity index (χ2n) is 7.14. The molecule has 1 heterocycles. The lowest BCUT2D eigenvalue weighted by Crippen LogP contribution is -2.37. The third kappa shape index (κ3) is 3.63. The number of nitrogens with zero attached hydrogens (tertiary/aromatic N) is 1. The molecule has 0 bridgehead atoms. The maximum absolute atomic E-state index is 14.2. The van der Waals surface area contributed by atoms with Gasteiger partial charge in [-0.25, -0.2) is 4.39 Å². The third-order valence-corrected chi connectivity index (χ3v) is 7.07. The highest BCUT2D eigenvalue weighted by Crippen LogP contribution is 2.44. The molecule has 0 saturated carbocycles. The first-order chi connectivity index (χ1) is 12.5. The number of unbranched alkanes of at least 4 members (excludes halogenated alkanes) is 1. The van der Waals surface area contributed by atoms with Gasteiger partial charge >= 0.3 is 0 Å². The van der Waals surface area contributed by atoms with Crippen molar-refractivity contribution < 1.29 is 13.7 Å². The van der Waals surface area contributed by atoms with Crippen molar-refractivity contribution in [3.8, 4) is 5.75 Å². The average molecular weight is 376 g/mol. The Hall–Kier alpha value is -1.88. The van der Waals surface area contributed by atoms with E-state index in [4.69, 9.17) is 0 Å². The van der Waals surface area contributed by atoms with E-state index in [0.29, 0.717) is 22.9 Å². The molecule has 0 saturated heterocycles. The molecule has 2 atom stereocenters. The van der Waals surface area contributed by atoms with Crippen molar-refractivity contribution in [2.24, 2.45) is 5.41 Å². The molecule has 3 rings (SSSR count). The van der Waals surface area contributed by atoms with Gasteiger partial charge in [0.25, 0.3) is 0 Å². The molecular formula is C21H26FNO2S. The summed E-state index contributed by atoms with van der Waals surface area (Å²) < 4.78 is 27.3. The topological polar surface area (TPSA) is 40.5 Å². The third-order valence-electron chi connectivity index (χ3n) is 5.37. The minimum Gasteiger partial charge on any atom is -0.505 e. The van der Waals surface area contributed by atoms with Crippen molar-refractivity contribution in [2.75, 3.05) is 17.2 Å². The van der Waals surface area contributed by atoms with E-state index < -0.39 is 22.4 Å². The van der Waals surface area contributed by atoms with Gasteiger partial charge in [0.15, 0.2) is 11.6 Å². The van der Waals surface area contributed by atoms with Crippen LogP contribution in [-0.2, 0) is 10.8 Å². The number of aromatic hydroxyl groups is 1. The van der Waals surface area contributed by atoms with E-state index in [-0.39, 0.29) is 5.41 Å². The minimum absolute atomic E-state index is 0.109. The Kier molecular flexibility index (Phi) is 5.66. The van der Waals surface area contributed by atoms with Crippen molar-refractivity contribution in [2.45, 2.75) is 44.4 Å². The minimum atomic E-state index is -1.29. The zero-order chi connectivity index (χ0) is 18.7. The summed E-state index contributed by atoms with van der Waals surface area (Å²) in [7, 11) is -1.29. The first-order valence-electron chi connectivity index (χ1n) is 9.23. The van der Waals surface area contributed by atoms with Gasteiger partial charge in [0.05, 0.1) is 21.4 Å². The highest BCUT2D eigenvalue weighted by atomic mass is 32.2. The molecule has 5 heteroatoms. The predicted octanol–water partition coefficient (Wildman–Crippen LogP) is 5.38. The molecule has 1 aliphatic rings. The number of para-hydroxylation sites is 1. The summed E-state index contributed by atoms with van der Waals surface area (Å²) in [6.45, 7) is 4.99. The zero-order valence-corrected chi connectivity index (χ0v) is 16.2. The van der Waals surface area contributed by atoms with Crippen LogP contribution in [-0.4, -0.2) is 21.6 Å². The molecule has 2 aromatic carbocycles. The van der Waals surface area contributed by atoms with Gasteiger partial charge in [-0.1, -0.05) is 44.9 Å². The van der Waals surface area contributed by atoms with Gasteiger partial charge in [-0.2, -0.15) is 0 Å². The van der Waals surface area contributed by atoms with Crippen LogP contribution in [0.1, 0.15) is 39.5 Å². The van der Waals surface area contributed by atoms with Crippen LogP contribution in [0, 0.1) is 11.2 Å². The fourth-order valence-electron chi connectivity index (χ4n) is 3.68. The normalized spacial score (nSPS) is 22.7. The molecule has 0 amide bonds. The van der Waals surface area contributed by atoms with Crippen LogP contribution < -0.4 is 4.90 Å². The van der Waals surface area contributed by atoms with Crippen LogP contribution in [0.2, 0.25) is 0 Å². The Labute approximate surface area is 157 Å². The van der Waals surface area contributed by atoms with Crippen molar-refractivity contribution in [3.05, 3.63) is 48.3 Å². The highest BCUT2D eigenvalue weighted by molar-refractivity contribution is 7.85. The highest BCUT2D eigenvalue weighted by Gasteiger charge is 2.38. The first-order valence-corrected chi connectivity index (χ1v) is 10.5. The van der Waals surface area contributed by atoms with Crippen LogP contribution in [0.3, 0.4) is 0 Å². The standard InChI is InChI=1S/C21H26FNO2S/c1-3-5-11-21(4-2)14-23(16-9-7-6-8-10-16)18-12-17(22)19(24)13-20(18)26(25)15-21/h6-10,12-13,24H,3-5,11,14-15H2,1-2H3. The summed E-state index contributed by atoms with van der Waals surface area (Å²) in [6, 6.07) is 12.5. The van der Waals surface area contributed by atoms with E-state index in [1.807, 2.05) is 30.3 Å². The van der Waals surface area contributed by atoms with E-state index >= 15 is 0 Å². The van der Waals surface area contributed by atoms with E-state index in [0.717, 1.165) is 31.4 Å². The van der Waals surface area contributed by atoms with Crippen LogP contribution in [0.5, 0.6) is 5.75 Å². The molecule has 0 aliphatic carbocycles. The Morgan fingerprint density at radius 2 is 1.96 bits per heavy atom. The molecule has 2 aromatic rings. The Balaban J connectivity index is 2.16. The molecule has 0 fully saturated rings. The zero-order valence-electron chi connectivity index (χ0n) is 15.4. The van der Waals surface area contributed by atoms with Crippen molar-refractivity contribution in [1.82, 2.24) is 0 Å². The molecule has 1 N–H and O–H groups in total. The molecule has 0 radical (unpaired) electrons. The number of phenolic OH excluding ortho intramolecular Hbond substituents is 1. The maximum atomic E-state index is 14.2. The fraction of sp³-hybridized carbons (Fsp3) is 0.429. The van der Waals surface area contributed by atoms with Crippen molar-refractivity contribution in [3.63, 3.8) is 0 Å². The fourth-order valence-corrected chi connectivity index (χ4v) is 5.48. The summed E-state index contributed by atoms with van der Waals surface area (Å²) in [5, 5.41) is 9.84. The van der Waals surface area contributed by atoms with Gasteiger partial charge in [-0.15, -0.1) is 0 Å². The summed E-state index contributed by atoms with van der Waals surface area (Å²) in [5.41, 5.74) is 1.44. The number of anilines is 2. The van der Waals surface area contributed by atoms with E-state index in [1.54, 1.807) is 0 Å². The van der Waals surface area contributed by atoms with E-state index in [2.05, 4.69) is 18.7 Å². The quantitative estimate of drug-likeness (QED) is 0.763. The number of hydrogen-bond acceptors (Lipinski definition) is 3. The number of benzene rings is 2. The summed E-state index contributed by atoms with van der Waals surface area (Å²) in [6.07, 6.45) is 4.05. The monoisotopic (exact) mass is 375 g/mol. The Morgan fingerprint density at radius 3 is 2.62 bits per heavy atom. The first kappa shape index (κ1) is 18.9. The lowest BCUT2D eigenvalue weighted by Gasteiger charge is -2.36. The van der Waals surface area contributed by atoms with Crippen LogP contribution in [0.15, 0.2) is 47.4 Å². The predicted molar refractivity (Wildman–Crippen MR) is 105 cm³/mol. The van der Waals surface area contributed by atoms with Gasteiger partial charge < -0.3 is 10.0 Å². The number of fused-ring (bicyclic) bond motifs is 1. The molecule has 0 spiro atoms. The second-order valence-corrected chi connectivity index (χ2v) is 8.56. The van der Waals surface area contributed by atoms with Gasteiger partial charge in [0, 0.05) is 30.1 Å². The van der Waals surface area contributed by atoms with E-state index in [1.165, 1.54) is 12.1 Å². The van der Waals surface area contributed by atoms with Gasteiger partial charge in [-0.3, -0.25) is 4.21 Å². The maximum Gasteiger partial charge on any atom is 0.166 e. The second kappa shape index (κ2) is 7.78. The summed E-state index contributed by atoms with van der Waals surface area (Å²) in [4.78, 5) is 2.58. The van der Waals surface area contributed by atoms with Gasteiger partial charge in [0.2, 0.25) is 0 Å². The lowest BCUT2D eigenvalue weighted by molar-refractivity contribution is 0.293. The van der Waals surface area contributed by atoms with Gasteiger partial charge in [0.1, 0.15) is 0 Å². The summed E-state index contributed by atoms with van der Waals surface area (Å²) in [5.74, 6) is -0.591. The number of phenols is 1. The van der Waals surface area contributed by atoms with Crippen LogP contribution in [0.25, 0.3) is 0 Å². The van der Waals surface area contributed by atoms with Crippen molar-refractivity contribution >= 4 is 22.2 Å². The lowest BCUT2D eigenvalue weighted by atomic mass is 9.81. The Morgan fingerprint density at radius 1 is 1.23 bits per heavy atom. The SMILES string of the molecule is CCCCC1(CC)CN(c2ccccc2)c2cc(F)c(O)cc2S(=O)C1. The molecule has 26 heavy (non-hydrogen) atoms. The smallest absolute Gasteiger partial charge is 0.166 e.